The van der Waals surface area contributed by atoms with Gasteiger partial charge in [-0.15, -0.1) is 0 Å². The Kier molecular flexibility index (Phi) is 3.32. The molecule has 0 spiro atoms. The number of amides is 3. The molecule has 0 aromatic rings. The van der Waals surface area contributed by atoms with Crippen LogP contribution >= 0.6 is 0 Å². The maximum absolute atomic E-state index is 12.7. The molecule has 0 saturated carbocycles. The Morgan fingerprint density at radius 2 is 1.81 bits per heavy atom. The molecule has 2 aliphatic heterocycles. The number of imide groups is 1. The lowest BCUT2D eigenvalue weighted by Crippen LogP contribution is -2.58. The maximum atomic E-state index is 12.7. The van der Waals surface area contributed by atoms with Crippen molar-refractivity contribution in [2.45, 2.75) is 57.9 Å². The van der Waals surface area contributed by atoms with Crippen molar-refractivity contribution in [3.05, 3.63) is 11.6 Å². The Morgan fingerprint density at radius 3 is 2.24 bits per heavy atom. The van der Waals surface area contributed by atoms with Gasteiger partial charge in [0.05, 0.1) is 0 Å². The third-order valence-corrected chi connectivity index (χ3v) is 10.3. The maximum Gasteiger partial charge on any atom is 0.331 e. The predicted octanol–water partition coefficient (Wildman–Crippen LogP) is 2.04. The zero-order valence-electron chi connectivity index (χ0n) is 13.3. The highest BCUT2D eigenvalue weighted by atomic mass is 28.3. The molecule has 0 radical (unpaired) electrons. The van der Waals surface area contributed by atoms with Gasteiger partial charge in [0.1, 0.15) is 6.04 Å². The molecule has 7 heteroatoms. The van der Waals surface area contributed by atoms with E-state index >= 15 is 0 Å². The van der Waals surface area contributed by atoms with E-state index in [1.807, 2.05) is 13.1 Å². The van der Waals surface area contributed by atoms with Crippen molar-refractivity contribution >= 4 is 26.1 Å². The quantitative estimate of drug-likeness (QED) is 0.481. The van der Waals surface area contributed by atoms with Crippen LogP contribution in [0, 0.1) is 0 Å². The normalized spacial score (nSPS) is 26.3. The molecule has 2 rings (SSSR count). The fourth-order valence-electron chi connectivity index (χ4n) is 2.76. The zero-order chi connectivity index (χ0) is 16.3. The molecule has 21 heavy (non-hydrogen) atoms. The lowest BCUT2D eigenvalue weighted by Gasteiger charge is -2.44. The average Bonchev–Trinajstić information content (AvgIpc) is 2.47. The molecule has 2 atom stereocenters. The molecule has 0 aromatic carbocycles. The summed E-state index contributed by atoms with van der Waals surface area (Å²) in [4.78, 5) is 37.5. The minimum Gasteiger partial charge on any atom is -0.479 e. The van der Waals surface area contributed by atoms with Crippen molar-refractivity contribution in [3.8, 4) is 0 Å². The van der Waals surface area contributed by atoms with Crippen molar-refractivity contribution in [1.82, 2.24) is 9.47 Å². The highest BCUT2D eigenvalue weighted by molar-refractivity contribution is 6.80. The van der Waals surface area contributed by atoms with E-state index < -0.39 is 38.2 Å². The summed E-state index contributed by atoms with van der Waals surface area (Å²) in [6.07, 6.45) is 1.64. The number of urea groups is 1. The summed E-state index contributed by atoms with van der Waals surface area (Å²) in [7, 11) is -2.27. The molecule has 0 aromatic heterocycles. The molecular formula is C14H22N2O4Si. The van der Waals surface area contributed by atoms with Gasteiger partial charge in [-0.05, 0) is 17.5 Å². The van der Waals surface area contributed by atoms with E-state index in [9.17, 15) is 19.5 Å². The van der Waals surface area contributed by atoms with E-state index in [1.165, 1.54) is 0 Å². The summed E-state index contributed by atoms with van der Waals surface area (Å²) < 4.78 is 1.65. The number of aliphatic carboxylic acids is 1. The first-order valence-electron chi connectivity index (χ1n) is 6.98. The van der Waals surface area contributed by atoms with Gasteiger partial charge in [0.25, 0.3) is 5.91 Å². The van der Waals surface area contributed by atoms with Gasteiger partial charge in [0, 0.05) is 0 Å². The molecule has 1 saturated heterocycles. The van der Waals surface area contributed by atoms with Gasteiger partial charge in [0.2, 0.25) is 0 Å². The van der Waals surface area contributed by atoms with Crippen molar-refractivity contribution in [2.75, 3.05) is 0 Å². The van der Waals surface area contributed by atoms with Crippen LogP contribution in [0.1, 0.15) is 27.7 Å². The number of carboxylic acid groups (broad SMARTS) is 1. The molecule has 116 valence electrons. The number of rotatable bonds is 2. The number of hydrogen-bond donors (Lipinski definition) is 1. The summed E-state index contributed by atoms with van der Waals surface area (Å²) in [6.45, 7) is 11.9. The van der Waals surface area contributed by atoms with Crippen molar-refractivity contribution in [1.29, 1.82) is 0 Å². The highest BCUT2D eigenvalue weighted by Gasteiger charge is 2.59. The standard InChI is InChI=1S/C14H22N2O4Si/c1-8-7-9-11(17)15(10(8)12(18)19)13(20)16(9)21(5,6)14(2,3)4/h7,9-10H,1-6H3,(H,18,19)/t9-,10+/m1/s1. The molecule has 1 N–H and O–H groups in total. The first-order valence-corrected chi connectivity index (χ1v) is 9.93. The van der Waals surface area contributed by atoms with Crippen LogP contribution in [-0.4, -0.2) is 52.8 Å². The van der Waals surface area contributed by atoms with Crippen LogP contribution in [0.15, 0.2) is 11.6 Å². The lowest BCUT2D eigenvalue weighted by molar-refractivity contribution is -0.145. The Hall–Kier alpha value is -1.63. The number of carboxylic acids is 1. The van der Waals surface area contributed by atoms with Crippen LogP contribution in [0.5, 0.6) is 0 Å². The van der Waals surface area contributed by atoms with E-state index in [2.05, 4.69) is 20.8 Å². The highest BCUT2D eigenvalue weighted by Crippen LogP contribution is 2.43. The molecule has 6 nitrogen and oxygen atoms in total. The number of carbonyl (C=O) groups excluding carboxylic acids is 2. The van der Waals surface area contributed by atoms with Crippen LogP contribution in [0.3, 0.4) is 0 Å². The summed E-state index contributed by atoms with van der Waals surface area (Å²) in [6, 6.07) is -2.28. The van der Waals surface area contributed by atoms with E-state index in [-0.39, 0.29) is 5.04 Å². The van der Waals surface area contributed by atoms with E-state index in [4.69, 9.17) is 0 Å². The second-order valence-corrected chi connectivity index (χ2v) is 12.4. The number of fused-ring (bicyclic) bond motifs is 2. The van der Waals surface area contributed by atoms with Crippen LogP contribution in [-0.2, 0) is 9.59 Å². The smallest absolute Gasteiger partial charge is 0.331 e. The van der Waals surface area contributed by atoms with Crippen LogP contribution in [0.2, 0.25) is 18.1 Å². The molecule has 3 amide bonds. The average molecular weight is 310 g/mol. The number of nitrogens with zero attached hydrogens (tertiary/aromatic N) is 2. The Bertz CT molecular complexity index is 562. The second-order valence-electron chi connectivity index (χ2n) is 7.27. The predicted molar refractivity (Wildman–Crippen MR) is 80.2 cm³/mol. The largest absolute Gasteiger partial charge is 0.479 e. The monoisotopic (exact) mass is 310 g/mol. The summed E-state index contributed by atoms with van der Waals surface area (Å²) in [5.41, 5.74) is 0.543. The fourth-order valence-corrected chi connectivity index (χ4v) is 4.95. The van der Waals surface area contributed by atoms with E-state index in [0.29, 0.717) is 5.57 Å². The number of hydrogen-bond acceptors (Lipinski definition) is 3. The molecule has 1 fully saturated rings. The van der Waals surface area contributed by atoms with Gasteiger partial charge >= 0.3 is 12.0 Å². The Morgan fingerprint density at radius 1 is 1.29 bits per heavy atom. The SMILES string of the molecule is CC1=C[C@@H]2C(=O)N(C(=O)N2[Si](C)(C)C(C)(C)C)[C@@H]1C(=O)O. The summed E-state index contributed by atoms with van der Waals surface area (Å²) in [5, 5.41) is 9.20. The molecular weight excluding hydrogens is 288 g/mol. The Balaban J connectivity index is 2.55. The first kappa shape index (κ1) is 15.8. The molecule has 2 aliphatic rings. The molecule has 2 bridgehead atoms. The van der Waals surface area contributed by atoms with E-state index in [0.717, 1.165) is 4.90 Å². The van der Waals surface area contributed by atoms with Gasteiger partial charge in [0.15, 0.2) is 14.3 Å². The molecule has 2 heterocycles. The van der Waals surface area contributed by atoms with Crippen LogP contribution in [0.25, 0.3) is 0 Å². The topological polar surface area (TPSA) is 77.9 Å². The van der Waals surface area contributed by atoms with Gasteiger partial charge in [-0.3, -0.25) is 4.79 Å². The van der Waals surface area contributed by atoms with Crippen molar-refractivity contribution < 1.29 is 19.5 Å². The second kappa shape index (κ2) is 4.43. The zero-order valence-corrected chi connectivity index (χ0v) is 14.3. The van der Waals surface area contributed by atoms with Gasteiger partial charge in [-0.2, -0.15) is 0 Å². The van der Waals surface area contributed by atoms with Gasteiger partial charge in [-0.25, -0.2) is 14.5 Å². The van der Waals surface area contributed by atoms with Crippen LogP contribution in [0.4, 0.5) is 4.79 Å². The van der Waals surface area contributed by atoms with Crippen molar-refractivity contribution in [3.63, 3.8) is 0 Å². The third-order valence-electron chi connectivity index (χ3n) is 4.96. The van der Waals surface area contributed by atoms with Crippen LogP contribution < -0.4 is 0 Å². The third kappa shape index (κ3) is 2.02. The summed E-state index contributed by atoms with van der Waals surface area (Å²) in [5.74, 6) is -1.58. The molecule has 0 unspecified atom stereocenters. The van der Waals surface area contributed by atoms with E-state index in [1.54, 1.807) is 17.6 Å². The first-order chi connectivity index (χ1) is 9.41. The van der Waals surface area contributed by atoms with Gasteiger partial charge < -0.3 is 9.67 Å². The lowest BCUT2D eigenvalue weighted by atomic mass is 10.0. The van der Waals surface area contributed by atoms with Gasteiger partial charge in [-0.1, -0.05) is 39.9 Å². The fraction of sp³-hybridized carbons (Fsp3) is 0.643. The molecule has 0 aliphatic carbocycles. The summed E-state index contributed by atoms with van der Waals surface area (Å²) >= 11 is 0. The Labute approximate surface area is 125 Å². The minimum atomic E-state index is -2.27. The number of carbonyl (C=O) groups is 3. The minimum absolute atomic E-state index is 0.123. The van der Waals surface area contributed by atoms with Crippen molar-refractivity contribution in [2.24, 2.45) is 0 Å².